The van der Waals surface area contributed by atoms with Crippen LogP contribution in [0.3, 0.4) is 0 Å². The molecule has 2 heterocycles. The van der Waals surface area contributed by atoms with E-state index in [0.29, 0.717) is 12.8 Å². The molecule has 0 aliphatic carbocycles. The second kappa shape index (κ2) is 15.2. The standard InChI is InChI=1S/C28H36FN4O9P/c1-5-7-14-23(34)30-22-15-16-33(27(37)31-22)26-28(4,29)24(35)21(41-26)18-40-43(38,42-20-12-10-9-11-13-20)32-19(3)25(36)39-17-8-6-2/h5-6,9-13,15-16,19,21,24,26,35H,1-2,7-8,14,17-18H2,3-4H3,(H,32,38)(H,30,31,34,37). The SMILES string of the molecule is C=CCCOC(=O)C(C)NP(=O)(OCC1OC(n2ccc(NC(=O)CCC=C)nc2=O)C(C)(F)C1O)Oc1ccccc1. The molecule has 43 heavy (non-hydrogen) atoms. The molecule has 0 bridgehead atoms. The van der Waals surface area contributed by atoms with Crippen molar-refractivity contribution in [2.75, 3.05) is 18.5 Å². The Hall–Kier alpha value is -3.68. The van der Waals surface area contributed by atoms with Crippen molar-refractivity contribution in [2.45, 2.75) is 63.3 Å². The fourth-order valence-electron chi connectivity index (χ4n) is 3.99. The lowest BCUT2D eigenvalue weighted by atomic mass is 9.98. The average Bonchev–Trinajstić information content (AvgIpc) is 3.19. The van der Waals surface area contributed by atoms with Crippen LogP contribution in [0, 0.1) is 0 Å². The van der Waals surface area contributed by atoms with Gasteiger partial charge in [0.25, 0.3) is 0 Å². The predicted octanol–water partition coefficient (Wildman–Crippen LogP) is 3.44. The van der Waals surface area contributed by atoms with Gasteiger partial charge in [-0.2, -0.15) is 10.1 Å². The van der Waals surface area contributed by atoms with E-state index in [4.69, 9.17) is 18.5 Å². The van der Waals surface area contributed by atoms with Crippen LogP contribution in [0.4, 0.5) is 10.2 Å². The van der Waals surface area contributed by atoms with E-state index in [0.717, 1.165) is 11.5 Å². The van der Waals surface area contributed by atoms with Crippen LogP contribution in [0.25, 0.3) is 0 Å². The Bertz CT molecular complexity index is 1390. The van der Waals surface area contributed by atoms with Crippen LogP contribution < -0.4 is 20.6 Å². The number of amides is 1. The van der Waals surface area contributed by atoms with Gasteiger partial charge in [0.15, 0.2) is 11.9 Å². The molecule has 0 saturated carbocycles. The maximum Gasteiger partial charge on any atom is 0.459 e. The van der Waals surface area contributed by atoms with Gasteiger partial charge in [0.05, 0.1) is 13.2 Å². The van der Waals surface area contributed by atoms with E-state index in [1.54, 1.807) is 30.4 Å². The van der Waals surface area contributed by atoms with Crippen LogP contribution in [0.15, 0.2) is 72.7 Å². The van der Waals surface area contributed by atoms with Crippen molar-refractivity contribution in [1.29, 1.82) is 0 Å². The summed E-state index contributed by atoms with van der Waals surface area (Å²) in [5.41, 5.74) is -3.47. The molecule has 6 atom stereocenters. The zero-order valence-electron chi connectivity index (χ0n) is 23.9. The lowest BCUT2D eigenvalue weighted by Gasteiger charge is -2.25. The molecule has 1 aromatic heterocycles. The van der Waals surface area contributed by atoms with Crippen molar-refractivity contribution in [3.05, 3.63) is 78.4 Å². The van der Waals surface area contributed by atoms with Gasteiger partial charge in [-0.3, -0.25) is 18.7 Å². The van der Waals surface area contributed by atoms with E-state index in [2.05, 4.69) is 28.5 Å². The van der Waals surface area contributed by atoms with Crippen LogP contribution >= 0.6 is 7.75 Å². The molecule has 2 aromatic rings. The van der Waals surface area contributed by atoms with Gasteiger partial charge >= 0.3 is 19.4 Å². The molecule has 1 aliphatic heterocycles. The molecular formula is C28H36FN4O9P. The third-order valence-electron chi connectivity index (χ3n) is 6.29. The first-order valence-electron chi connectivity index (χ1n) is 13.5. The van der Waals surface area contributed by atoms with Crippen LogP contribution in [-0.4, -0.2) is 63.7 Å². The van der Waals surface area contributed by atoms with E-state index in [1.165, 1.54) is 31.3 Å². The van der Waals surface area contributed by atoms with E-state index >= 15 is 4.39 Å². The minimum atomic E-state index is -4.35. The first-order chi connectivity index (χ1) is 20.4. The Balaban J connectivity index is 1.75. The summed E-state index contributed by atoms with van der Waals surface area (Å²) < 4.78 is 52.2. The fourth-order valence-corrected chi connectivity index (χ4v) is 5.49. The van der Waals surface area contributed by atoms with Crippen molar-refractivity contribution >= 4 is 25.4 Å². The lowest BCUT2D eigenvalue weighted by Crippen LogP contribution is -2.43. The van der Waals surface area contributed by atoms with Gasteiger partial charge in [-0.15, -0.1) is 13.2 Å². The molecule has 3 rings (SSSR count). The molecule has 6 unspecified atom stereocenters. The molecule has 1 aliphatic rings. The summed E-state index contributed by atoms with van der Waals surface area (Å²) in [6.45, 7) is 8.91. The lowest BCUT2D eigenvalue weighted by molar-refractivity contribution is -0.145. The maximum atomic E-state index is 15.8. The Morgan fingerprint density at radius 2 is 1.95 bits per heavy atom. The van der Waals surface area contributed by atoms with Crippen LogP contribution in [0.5, 0.6) is 5.75 Å². The number of aliphatic hydroxyl groups is 1. The minimum Gasteiger partial charge on any atom is -0.464 e. The summed E-state index contributed by atoms with van der Waals surface area (Å²) in [5.74, 6) is -1.03. The predicted molar refractivity (Wildman–Crippen MR) is 155 cm³/mol. The highest BCUT2D eigenvalue weighted by molar-refractivity contribution is 7.52. The van der Waals surface area contributed by atoms with E-state index in [9.17, 15) is 24.1 Å². The molecule has 1 saturated heterocycles. The van der Waals surface area contributed by atoms with Crippen molar-refractivity contribution < 1.29 is 42.2 Å². The van der Waals surface area contributed by atoms with Crippen molar-refractivity contribution in [1.82, 2.24) is 14.6 Å². The summed E-state index contributed by atoms with van der Waals surface area (Å²) >= 11 is 0. The topological polar surface area (TPSA) is 167 Å². The highest BCUT2D eigenvalue weighted by Crippen LogP contribution is 2.47. The first-order valence-corrected chi connectivity index (χ1v) is 15.0. The zero-order chi connectivity index (χ0) is 31.6. The van der Waals surface area contributed by atoms with Crippen molar-refractivity contribution in [2.24, 2.45) is 0 Å². The van der Waals surface area contributed by atoms with E-state index < -0.39 is 56.2 Å². The number of benzene rings is 1. The Labute approximate surface area is 248 Å². The van der Waals surface area contributed by atoms with E-state index in [-0.39, 0.29) is 30.5 Å². The normalized spacial score (nSPS) is 23.5. The number of hydrogen-bond donors (Lipinski definition) is 3. The average molecular weight is 623 g/mol. The summed E-state index contributed by atoms with van der Waals surface area (Å²) in [6.07, 6.45) is 0.375. The molecule has 3 N–H and O–H groups in total. The second-order valence-corrected chi connectivity index (χ2v) is 11.5. The zero-order valence-corrected chi connectivity index (χ0v) is 24.8. The Kier molecular flexibility index (Phi) is 11.9. The summed E-state index contributed by atoms with van der Waals surface area (Å²) in [7, 11) is -4.35. The second-order valence-electron chi connectivity index (χ2n) is 9.79. The van der Waals surface area contributed by atoms with Gasteiger partial charge in [0, 0.05) is 12.6 Å². The number of carbonyl (C=O) groups is 2. The van der Waals surface area contributed by atoms with Crippen molar-refractivity contribution in [3.63, 3.8) is 0 Å². The maximum absolute atomic E-state index is 15.8. The summed E-state index contributed by atoms with van der Waals surface area (Å²) in [5, 5.41) is 15.7. The molecule has 1 amide bonds. The molecule has 234 valence electrons. The van der Waals surface area contributed by atoms with E-state index in [1.807, 2.05) is 0 Å². The number of allylic oxidation sites excluding steroid dienone is 1. The highest BCUT2D eigenvalue weighted by Gasteiger charge is 2.56. The van der Waals surface area contributed by atoms with Gasteiger partial charge in [-0.25, -0.2) is 13.8 Å². The molecule has 1 fully saturated rings. The molecule has 15 heteroatoms. The summed E-state index contributed by atoms with van der Waals surface area (Å²) in [6, 6.07) is 8.10. The smallest absolute Gasteiger partial charge is 0.459 e. The van der Waals surface area contributed by atoms with Gasteiger partial charge in [0.1, 0.15) is 29.8 Å². The van der Waals surface area contributed by atoms with Gasteiger partial charge in [-0.1, -0.05) is 30.4 Å². The van der Waals surface area contributed by atoms with Crippen LogP contribution in [-0.2, 0) is 28.2 Å². The highest BCUT2D eigenvalue weighted by atomic mass is 31.2. The van der Waals surface area contributed by atoms with Crippen LogP contribution in [0.1, 0.15) is 39.3 Å². The Morgan fingerprint density at radius 1 is 1.26 bits per heavy atom. The number of para-hydroxylation sites is 1. The largest absolute Gasteiger partial charge is 0.464 e. The molecule has 13 nitrogen and oxygen atoms in total. The number of aromatic nitrogens is 2. The third-order valence-corrected chi connectivity index (χ3v) is 7.94. The minimum absolute atomic E-state index is 0.0449. The number of rotatable bonds is 16. The number of nitrogens with one attached hydrogen (secondary N) is 2. The quantitative estimate of drug-likeness (QED) is 0.109. The number of hydrogen-bond acceptors (Lipinski definition) is 10. The monoisotopic (exact) mass is 622 g/mol. The number of anilines is 1. The molecule has 0 radical (unpaired) electrons. The van der Waals surface area contributed by atoms with Gasteiger partial charge in [0.2, 0.25) is 5.91 Å². The van der Waals surface area contributed by atoms with Gasteiger partial charge < -0.3 is 24.4 Å². The van der Waals surface area contributed by atoms with Crippen LogP contribution in [0.2, 0.25) is 0 Å². The number of esters is 1. The number of halogens is 1. The number of carbonyl (C=O) groups excluding carboxylic acids is 2. The number of alkyl halides is 1. The Morgan fingerprint density at radius 3 is 2.60 bits per heavy atom. The molecule has 0 spiro atoms. The first kappa shape index (κ1) is 33.8. The number of ether oxygens (including phenoxy) is 2. The molecule has 1 aromatic carbocycles. The third kappa shape index (κ3) is 9.15. The summed E-state index contributed by atoms with van der Waals surface area (Å²) in [4.78, 5) is 40.8. The van der Waals surface area contributed by atoms with Crippen molar-refractivity contribution in [3.8, 4) is 5.75 Å². The number of aliphatic hydroxyl groups excluding tert-OH is 1. The fraction of sp³-hybridized carbons (Fsp3) is 0.429. The van der Waals surface area contributed by atoms with Gasteiger partial charge in [-0.05, 0) is 44.9 Å². The number of nitrogens with zero attached hydrogens (tertiary/aromatic N) is 2. The molecular weight excluding hydrogens is 586 g/mol.